The van der Waals surface area contributed by atoms with Crippen molar-refractivity contribution in [2.45, 2.75) is 12.5 Å². The molecule has 2 saturated heterocycles. The van der Waals surface area contributed by atoms with Gasteiger partial charge in [0.1, 0.15) is 17.2 Å². The number of benzene rings is 1. The summed E-state index contributed by atoms with van der Waals surface area (Å²) < 4.78 is 12.5. The van der Waals surface area contributed by atoms with Crippen molar-refractivity contribution in [2.75, 3.05) is 35.6 Å². The molecule has 0 spiro atoms. The van der Waals surface area contributed by atoms with Crippen molar-refractivity contribution in [3.05, 3.63) is 42.7 Å². The second-order valence-corrected chi connectivity index (χ2v) is 7.68. The van der Waals surface area contributed by atoms with Crippen molar-refractivity contribution in [3.63, 3.8) is 0 Å². The second-order valence-electron chi connectivity index (χ2n) is 6.60. The number of pyridine rings is 1. The van der Waals surface area contributed by atoms with Crippen LogP contribution in [0.3, 0.4) is 0 Å². The number of fused-ring (bicyclic) bond motifs is 2. The Morgan fingerprint density at radius 3 is 2.76 bits per heavy atom. The van der Waals surface area contributed by atoms with Gasteiger partial charge in [0.15, 0.2) is 0 Å². The van der Waals surface area contributed by atoms with Gasteiger partial charge in [-0.15, -0.1) is 0 Å². The molecule has 0 saturated carbocycles. The summed E-state index contributed by atoms with van der Waals surface area (Å²) in [5.41, 5.74) is 1.14. The largest absolute Gasteiger partial charge is 0.493 e. The van der Waals surface area contributed by atoms with Crippen LogP contribution < -0.4 is 19.7 Å². The average Bonchev–Trinajstić information content (AvgIpc) is 2.99. The number of anilines is 1. The molecule has 5 nitrogen and oxygen atoms in total. The number of hydrogen-bond acceptors (Lipinski definition) is 5. The molecule has 25 heavy (non-hydrogen) atoms. The fraction of sp³-hybridized carbons (Fsp3) is 0.421. The van der Waals surface area contributed by atoms with Gasteiger partial charge < -0.3 is 19.7 Å². The van der Waals surface area contributed by atoms with E-state index >= 15 is 0 Å². The van der Waals surface area contributed by atoms with Crippen LogP contribution in [-0.4, -0.2) is 41.7 Å². The molecule has 0 radical (unpaired) electrons. The summed E-state index contributed by atoms with van der Waals surface area (Å²) >= 11 is 2.30. The molecule has 132 valence electrons. The normalized spacial score (nSPS) is 22.0. The first-order chi connectivity index (χ1) is 12.3. The molecule has 0 amide bonds. The average molecular weight is 451 g/mol. The van der Waals surface area contributed by atoms with E-state index in [1.165, 1.54) is 6.42 Å². The number of nitrogens with zero attached hydrogens (tertiary/aromatic N) is 2. The monoisotopic (exact) mass is 451 g/mol. The third kappa shape index (κ3) is 4.17. The third-order valence-corrected chi connectivity index (χ3v) is 5.14. The molecule has 2 atom stereocenters. The summed E-state index contributed by atoms with van der Waals surface area (Å²) in [5, 5.41) is 3.59. The molecular weight excluding hydrogens is 429 g/mol. The predicted octanol–water partition coefficient (Wildman–Crippen LogP) is 3.49. The fourth-order valence-corrected chi connectivity index (χ4v) is 3.80. The summed E-state index contributed by atoms with van der Waals surface area (Å²) in [5.74, 6) is 3.18. The lowest BCUT2D eigenvalue weighted by Crippen LogP contribution is -2.41. The van der Waals surface area contributed by atoms with E-state index in [0.717, 1.165) is 59.5 Å². The van der Waals surface area contributed by atoms with Crippen molar-refractivity contribution < 1.29 is 9.47 Å². The molecule has 1 N–H and O–H groups in total. The highest BCUT2D eigenvalue weighted by Crippen LogP contribution is 2.30. The Kier molecular flexibility index (Phi) is 5.26. The van der Waals surface area contributed by atoms with Crippen LogP contribution >= 0.6 is 22.6 Å². The first-order valence-electron chi connectivity index (χ1n) is 8.70. The number of hydrogen-bond donors (Lipinski definition) is 1. The molecule has 2 bridgehead atoms. The maximum Gasteiger partial charge on any atom is 0.147 e. The van der Waals surface area contributed by atoms with Gasteiger partial charge in [0.05, 0.1) is 24.7 Å². The first kappa shape index (κ1) is 16.9. The Hall–Kier alpha value is -1.54. The molecule has 3 heterocycles. The van der Waals surface area contributed by atoms with Gasteiger partial charge in [-0.1, -0.05) is 22.6 Å². The lowest BCUT2D eigenvalue weighted by molar-refractivity contribution is 0.346. The first-order valence-corrected chi connectivity index (χ1v) is 10.2. The molecule has 2 aliphatic heterocycles. The highest BCUT2D eigenvalue weighted by Gasteiger charge is 2.32. The maximum absolute atomic E-state index is 5.98. The minimum atomic E-state index is 0.610. The number of aromatic nitrogens is 1. The summed E-state index contributed by atoms with van der Waals surface area (Å²) in [7, 11) is 0. The van der Waals surface area contributed by atoms with Crippen LogP contribution in [0.1, 0.15) is 6.42 Å². The summed E-state index contributed by atoms with van der Waals surface area (Å²) in [6.07, 6.45) is 4.99. The minimum Gasteiger partial charge on any atom is -0.493 e. The summed E-state index contributed by atoms with van der Waals surface area (Å²) in [6, 6.07) is 10.4. The fourth-order valence-electron chi connectivity index (χ4n) is 3.58. The van der Waals surface area contributed by atoms with Gasteiger partial charge in [0.2, 0.25) is 0 Å². The van der Waals surface area contributed by atoms with Gasteiger partial charge in [-0.25, -0.2) is 0 Å². The summed E-state index contributed by atoms with van der Waals surface area (Å²) in [6.45, 7) is 4.00. The number of rotatable bonds is 6. The van der Waals surface area contributed by atoms with Crippen LogP contribution in [0.5, 0.6) is 17.2 Å². The number of halogens is 1. The molecule has 2 unspecified atom stereocenters. The molecule has 2 fully saturated rings. The van der Waals surface area contributed by atoms with E-state index in [2.05, 4.69) is 43.9 Å². The Bertz CT molecular complexity index is 698. The highest BCUT2D eigenvalue weighted by atomic mass is 127. The SMILES string of the molecule is ICCOc1ccc(Oc2cncc(N3CC4CNC(C4)C3)c2)cc1. The van der Waals surface area contributed by atoms with Gasteiger partial charge in [0.25, 0.3) is 0 Å². The Labute approximate surface area is 161 Å². The molecule has 1 aromatic heterocycles. The van der Waals surface area contributed by atoms with E-state index < -0.39 is 0 Å². The molecule has 2 aromatic rings. The second kappa shape index (κ2) is 7.78. The standard InChI is InChI=1S/C19H22IN3O2/c20-5-6-24-17-1-3-18(4-2-17)25-19-8-16(10-21-11-19)23-12-14-7-15(13-23)22-9-14/h1-4,8,10-11,14-15,22H,5-7,9,12-13H2. The number of nitrogens with one attached hydrogen (secondary N) is 1. The molecular formula is C19H22IN3O2. The van der Waals surface area contributed by atoms with Gasteiger partial charge >= 0.3 is 0 Å². The van der Waals surface area contributed by atoms with Crippen molar-refractivity contribution in [1.82, 2.24) is 10.3 Å². The predicted molar refractivity (Wildman–Crippen MR) is 107 cm³/mol. The van der Waals surface area contributed by atoms with Crippen LogP contribution in [0.4, 0.5) is 5.69 Å². The van der Waals surface area contributed by atoms with Gasteiger partial charge in [-0.05, 0) is 36.6 Å². The highest BCUT2D eigenvalue weighted by molar-refractivity contribution is 14.1. The molecule has 1 aromatic carbocycles. The molecule has 2 aliphatic rings. The lowest BCUT2D eigenvalue weighted by Gasteiger charge is -2.32. The zero-order valence-electron chi connectivity index (χ0n) is 14.0. The van der Waals surface area contributed by atoms with Crippen LogP contribution in [0.15, 0.2) is 42.7 Å². The molecule has 4 rings (SSSR count). The third-order valence-electron chi connectivity index (χ3n) is 4.70. The van der Waals surface area contributed by atoms with E-state index in [1.54, 1.807) is 6.20 Å². The smallest absolute Gasteiger partial charge is 0.147 e. The molecule has 0 aliphatic carbocycles. The lowest BCUT2D eigenvalue weighted by atomic mass is 10.00. The van der Waals surface area contributed by atoms with E-state index in [4.69, 9.17) is 9.47 Å². The van der Waals surface area contributed by atoms with Crippen LogP contribution in [0.2, 0.25) is 0 Å². The van der Waals surface area contributed by atoms with Crippen molar-refractivity contribution in [2.24, 2.45) is 5.92 Å². The van der Waals surface area contributed by atoms with E-state index in [-0.39, 0.29) is 0 Å². The number of piperidine rings is 1. The Morgan fingerprint density at radius 2 is 1.96 bits per heavy atom. The molecule has 6 heteroatoms. The Balaban J connectivity index is 1.43. The van der Waals surface area contributed by atoms with E-state index in [9.17, 15) is 0 Å². The van der Waals surface area contributed by atoms with Gasteiger partial charge in [-0.2, -0.15) is 0 Å². The maximum atomic E-state index is 5.98. The zero-order valence-corrected chi connectivity index (χ0v) is 16.2. The van der Waals surface area contributed by atoms with Gasteiger partial charge in [-0.3, -0.25) is 4.98 Å². The van der Waals surface area contributed by atoms with Crippen molar-refractivity contribution >= 4 is 28.3 Å². The number of alkyl halides is 1. The summed E-state index contributed by atoms with van der Waals surface area (Å²) in [4.78, 5) is 6.79. The topological polar surface area (TPSA) is 46.6 Å². The van der Waals surface area contributed by atoms with Crippen LogP contribution in [0.25, 0.3) is 0 Å². The van der Waals surface area contributed by atoms with Crippen molar-refractivity contribution in [3.8, 4) is 17.2 Å². The van der Waals surface area contributed by atoms with E-state index in [1.807, 2.05) is 30.5 Å². The van der Waals surface area contributed by atoms with Crippen LogP contribution in [-0.2, 0) is 0 Å². The quantitative estimate of drug-likeness (QED) is 0.539. The van der Waals surface area contributed by atoms with E-state index in [0.29, 0.717) is 6.04 Å². The number of ether oxygens (including phenoxy) is 2. The zero-order chi connectivity index (χ0) is 17.1. The van der Waals surface area contributed by atoms with Crippen molar-refractivity contribution in [1.29, 1.82) is 0 Å². The van der Waals surface area contributed by atoms with Gasteiger partial charge in [0, 0.05) is 36.2 Å². The minimum absolute atomic E-state index is 0.610. The Morgan fingerprint density at radius 1 is 1.12 bits per heavy atom. The van der Waals surface area contributed by atoms with Crippen LogP contribution in [0, 0.1) is 5.92 Å².